The molecule has 0 spiro atoms. The summed E-state index contributed by atoms with van der Waals surface area (Å²) in [7, 11) is 0. The summed E-state index contributed by atoms with van der Waals surface area (Å²) in [6, 6.07) is 13.0. The highest BCUT2D eigenvalue weighted by Crippen LogP contribution is 2.27. The summed E-state index contributed by atoms with van der Waals surface area (Å²) in [4.78, 5) is 0. The molecule has 1 N–H and O–H groups in total. The molecule has 0 radical (unpaired) electrons. The molecule has 1 heteroatoms. The van der Waals surface area contributed by atoms with Crippen molar-refractivity contribution in [2.24, 2.45) is 0 Å². The molecule has 0 fully saturated rings. The van der Waals surface area contributed by atoms with Gasteiger partial charge in [0.25, 0.3) is 0 Å². The largest absolute Gasteiger partial charge is 0.385 e. The zero-order chi connectivity index (χ0) is 10.7. The van der Waals surface area contributed by atoms with Crippen molar-refractivity contribution in [2.75, 3.05) is 11.9 Å². The van der Waals surface area contributed by atoms with Crippen molar-refractivity contribution in [3.63, 3.8) is 0 Å². The molecule has 0 aliphatic rings. The Labute approximate surface area is 91.1 Å². The maximum atomic E-state index is 3.47. The molecule has 0 aliphatic carbocycles. The van der Waals surface area contributed by atoms with Gasteiger partial charge in [0.2, 0.25) is 0 Å². The molecule has 2 aromatic rings. The number of nitrogens with one attached hydrogen (secondary N) is 1. The highest BCUT2D eigenvalue weighted by atomic mass is 14.9. The van der Waals surface area contributed by atoms with E-state index in [4.69, 9.17) is 0 Å². The minimum Gasteiger partial charge on any atom is -0.385 e. The second kappa shape index (κ2) is 4.35. The topological polar surface area (TPSA) is 12.0 Å². The first-order valence-electron chi connectivity index (χ1n) is 5.61. The van der Waals surface area contributed by atoms with Crippen LogP contribution in [-0.4, -0.2) is 6.54 Å². The van der Waals surface area contributed by atoms with E-state index in [0.717, 1.165) is 13.0 Å². The first kappa shape index (κ1) is 10.0. The SMILES string of the molecule is CCNc1c(CC)ccc2ccccc12. The molecule has 0 aromatic heterocycles. The smallest absolute Gasteiger partial charge is 0.0452 e. The van der Waals surface area contributed by atoms with E-state index in [2.05, 4.69) is 55.6 Å². The normalized spacial score (nSPS) is 10.5. The third-order valence-corrected chi connectivity index (χ3v) is 2.75. The minimum atomic E-state index is 0.973. The van der Waals surface area contributed by atoms with Gasteiger partial charge in [-0.1, -0.05) is 43.3 Å². The van der Waals surface area contributed by atoms with Gasteiger partial charge in [-0.05, 0) is 24.3 Å². The highest BCUT2D eigenvalue weighted by Gasteiger charge is 2.04. The van der Waals surface area contributed by atoms with Crippen LogP contribution in [0.3, 0.4) is 0 Å². The van der Waals surface area contributed by atoms with Crippen LogP contribution < -0.4 is 5.32 Å². The highest BCUT2D eigenvalue weighted by molar-refractivity contribution is 5.95. The summed E-state index contributed by atoms with van der Waals surface area (Å²) < 4.78 is 0. The van der Waals surface area contributed by atoms with Crippen LogP contribution in [0.4, 0.5) is 5.69 Å². The molecule has 2 rings (SSSR count). The molecule has 0 unspecified atom stereocenters. The predicted molar refractivity (Wildman–Crippen MR) is 67.5 cm³/mol. The molecule has 0 aliphatic heterocycles. The van der Waals surface area contributed by atoms with E-state index in [1.54, 1.807) is 0 Å². The lowest BCUT2D eigenvalue weighted by Crippen LogP contribution is -2.01. The fourth-order valence-electron chi connectivity index (χ4n) is 2.00. The lowest BCUT2D eigenvalue weighted by Gasteiger charge is -2.12. The molecule has 0 saturated heterocycles. The second-order valence-corrected chi connectivity index (χ2v) is 3.70. The van der Waals surface area contributed by atoms with Crippen LogP contribution in [0, 0.1) is 0 Å². The zero-order valence-electron chi connectivity index (χ0n) is 9.38. The van der Waals surface area contributed by atoms with Gasteiger partial charge < -0.3 is 5.32 Å². The van der Waals surface area contributed by atoms with E-state index in [1.807, 2.05) is 0 Å². The van der Waals surface area contributed by atoms with Crippen LogP contribution in [0.25, 0.3) is 10.8 Å². The van der Waals surface area contributed by atoms with Crippen molar-refractivity contribution < 1.29 is 0 Å². The van der Waals surface area contributed by atoms with Crippen molar-refractivity contribution >= 4 is 16.5 Å². The predicted octanol–water partition coefficient (Wildman–Crippen LogP) is 3.83. The van der Waals surface area contributed by atoms with E-state index in [9.17, 15) is 0 Å². The van der Waals surface area contributed by atoms with E-state index in [-0.39, 0.29) is 0 Å². The summed E-state index contributed by atoms with van der Waals surface area (Å²) in [5, 5.41) is 6.11. The van der Waals surface area contributed by atoms with Crippen molar-refractivity contribution in [2.45, 2.75) is 20.3 Å². The fraction of sp³-hybridized carbons (Fsp3) is 0.286. The van der Waals surface area contributed by atoms with Crippen molar-refractivity contribution in [3.8, 4) is 0 Å². The first-order chi connectivity index (χ1) is 7.36. The van der Waals surface area contributed by atoms with Crippen LogP contribution in [0.1, 0.15) is 19.4 Å². The molecular formula is C14H17N. The quantitative estimate of drug-likeness (QED) is 0.792. The van der Waals surface area contributed by atoms with Crippen molar-refractivity contribution in [1.82, 2.24) is 0 Å². The van der Waals surface area contributed by atoms with Crippen LogP contribution in [0.15, 0.2) is 36.4 Å². The monoisotopic (exact) mass is 199 g/mol. The summed E-state index contributed by atoms with van der Waals surface area (Å²) in [6.45, 7) is 5.31. The van der Waals surface area contributed by atoms with Gasteiger partial charge in [0.1, 0.15) is 0 Å². The van der Waals surface area contributed by atoms with E-state index >= 15 is 0 Å². The molecule has 0 heterocycles. The Hall–Kier alpha value is -1.50. The Balaban J connectivity index is 2.67. The third kappa shape index (κ3) is 1.82. The Morgan fingerprint density at radius 1 is 1.00 bits per heavy atom. The van der Waals surface area contributed by atoms with Gasteiger partial charge in [-0.2, -0.15) is 0 Å². The lowest BCUT2D eigenvalue weighted by molar-refractivity contribution is 1.12. The summed E-state index contributed by atoms with van der Waals surface area (Å²) in [5.74, 6) is 0. The van der Waals surface area contributed by atoms with Gasteiger partial charge in [0.15, 0.2) is 0 Å². The average Bonchev–Trinajstić information content (AvgIpc) is 2.30. The zero-order valence-corrected chi connectivity index (χ0v) is 9.38. The number of hydrogen-bond donors (Lipinski definition) is 1. The average molecular weight is 199 g/mol. The Bertz CT molecular complexity index is 460. The Morgan fingerprint density at radius 2 is 1.80 bits per heavy atom. The van der Waals surface area contributed by atoms with E-state index in [1.165, 1.54) is 22.0 Å². The molecule has 15 heavy (non-hydrogen) atoms. The number of aryl methyl sites for hydroxylation is 1. The Morgan fingerprint density at radius 3 is 2.53 bits per heavy atom. The molecular weight excluding hydrogens is 182 g/mol. The fourth-order valence-corrected chi connectivity index (χ4v) is 2.00. The molecule has 2 aromatic carbocycles. The molecule has 1 nitrogen and oxygen atoms in total. The summed E-state index contributed by atoms with van der Waals surface area (Å²) in [5.41, 5.74) is 2.70. The van der Waals surface area contributed by atoms with Crippen LogP contribution in [-0.2, 0) is 6.42 Å². The van der Waals surface area contributed by atoms with Gasteiger partial charge in [-0.15, -0.1) is 0 Å². The maximum absolute atomic E-state index is 3.47. The van der Waals surface area contributed by atoms with Crippen LogP contribution >= 0.6 is 0 Å². The second-order valence-electron chi connectivity index (χ2n) is 3.70. The summed E-state index contributed by atoms with van der Waals surface area (Å²) >= 11 is 0. The summed E-state index contributed by atoms with van der Waals surface area (Å²) in [6.07, 6.45) is 1.08. The molecule has 0 saturated carbocycles. The molecule has 0 atom stereocenters. The van der Waals surface area contributed by atoms with Crippen molar-refractivity contribution in [1.29, 1.82) is 0 Å². The molecule has 78 valence electrons. The number of anilines is 1. The lowest BCUT2D eigenvalue weighted by atomic mass is 10.0. The van der Waals surface area contributed by atoms with E-state index < -0.39 is 0 Å². The number of hydrogen-bond acceptors (Lipinski definition) is 1. The minimum absolute atomic E-state index is 0.973. The van der Waals surface area contributed by atoms with Gasteiger partial charge in [-0.3, -0.25) is 0 Å². The van der Waals surface area contributed by atoms with Gasteiger partial charge >= 0.3 is 0 Å². The maximum Gasteiger partial charge on any atom is 0.0452 e. The van der Waals surface area contributed by atoms with Crippen LogP contribution in [0.2, 0.25) is 0 Å². The first-order valence-corrected chi connectivity index (χ1v) is 5.61. The van der Waals surface area contributed by atoms with E-state index in [0.29, 0.717) is 0 Å². The number of fused-ring (bicyclic) bond motifs is 1. The van der Waals surface area contributed by atoms with Crippen LogP contribution in [0.5, 0.6) is 0 Å². The van der Waals surface area contributed by atoms with Gasteiger partial charge in [0.05, 0.1) is 0 Å². The molecule has 0 bridgehead atoms. The number of benzene rings is 2. The van der Waals surface area contributed by atoms with Gasteiger partial charge in [-0.25, -0.2) is 0 Å². The Kier molecular flexibility index (Phi) is 2.91. The van der Waals surface area contributed by atoms with Crippen molar-refractivity contribution in [3.05, 3.63) is 42.0 Å². The third-order valence-electron chi connectivity index (χ3n) is 2.75. The number of rotatable bonds is 3. The standard InChI is InChI=1S/C14H17N/c1-3-11-9-10-12-7-5-6-8-13(12)14(11)15-4-2/h5-10,15H,3-4H2,1-2H3. The van der Waals surface area contributed by atoms with Gasteiger partial charge in [0, 0.05) is 17.6 Å². The molecule has 0 amide bonds.